The summed E-state index contributed by atoms with van der Waals surface area (Å²) < 4.78 is 24.8. The maximum atomic E-state index is 11.4. The second-order valence-corrected chi connectivity index (χ2v) is 5.81. The summed E-state index contributed by atoms with van der Waals surface area (Å²) in [6.07, 6.45) is 6.39. The lowest BCUT2D eigenvalue weighted by Gasteiger charge is -2.05. The van der Waals surface area contributed by atoms with Crippen molar-refractivity contribution in [1.82, 2.24) is 4.72 Å². The molecule has 16 heavy (non-hydrogen) atoms. The summed E-state index contributed by atoms with van der Waals surface area (Å²) in [6.45, 7) is 3.78. The van der Waals surface area contributed by atoms with Gasteiger partial charge < -0.3 is 0 Å². The van der Waals surface area contributed by atoms with E-state index >= 15 is 0 Å². The molecule has 96 valence electrons. The van der Waals surface area contributed by atoms with Crippen molar-refractivity contribution in [3.8, 4) is 0 Å². The zero-order valence-corrected chi connectivity index (χ0v) is 11.1. The molecule has 0 bridgehead atoms. The minimum atomic E-state index is -3.39. The molecule has 0 aromatic carbocycles. The minimum Gasteiger partial charge on any atom is -0.274 e. The lowest BCUT2D eigenvalue weighted by Crippen LogP contribution is -2.31. The van der Waals surface area contributed by atoms with Crippen LogP contribution in [0.2, 0.25) is 0 Å². The van der Waals surface area contributed by atoms with E-state index in [1.807, 2.05) is 4.72 Å². The molecular formula is C11H23NO3S. The van der Waals surface area contributed by atoms with Crippen molar-refractivity contribution in [2.75, 3.05) is 5.75 Å². The van der Waals surface area contributed by atoms with E-state index in [0.29, 0.717) is 6.42 Å². The molecule has 0 rings (SSSR count). The van der Waals surface area contributed by atoms with Gasteiger partial charge in [0, 0.05) is 6.42 Å². The number of nitrogens with one attached hydrogen (secondary N) is 1. The molecule has 0 aliphatic heterocycles. The summed E-state index contributed by atoms with van der Waals surface area (Å²) >= 11 is 0. The van der Waals surface area contributed by atoms with Crippen LogP contribution in [0.25, 0.3) is 0 Å². The number of carbonyl (C=O) groups is 1. The minimum absolute atomic E-state index is 0.0604. The Morgan fingerprint density at radius 2 is 1.56 bits per heavy atom. The van der Waals surface area contributed by atoms with E-state index in [2.05, 4.69) is 6.92 Å². The van der Waals surface area contributed by atoms with Gasteiger partial charge in [-0.05, 0) is 6.42 Å². The van der Waals surface area contributed by atoms with Gasteiger partial charge in [0.15, 0.2) is 0 Å². The standard InChI is InChI=1S/C11H23NO3S/c1-3-5-6-7-8-9-10-16(14,15)12-11(13)4-2/h3-10H2,1-2H3,(H,12,13). The average molecular weight is 249 g/mol. The number of carbonyl (C=O) groups excluding carboxylic acids is 1. The topological polar surface area (TPSA) is 63.2 Å². The van der Waals surface area contributed by atoms with Crippen LogP contribution in [0.15, 0.2) is 0 Å². The third-order valence-electron chi connectivity index (χ3n) is 2.36. The highest BCUT2D eigenvalue weighted by Crippen LogP contribution is 2.05. The molecule has 0 radical (unpaired) electrons. The van der Waals surface area contributed by atoms with Crippen LogP contribution in [0.3, 0.4) is 0 Å². The van der Waals surface area contributed by atoms with Crippen LogP contribution in [0, 0.1) is 0 Å². The van der Waals surface area contributed by atoms with E-state index in [1.54, 1.807) is 6.92 Å². The van der Waals surface area contributed by atoms with Crippen LogP contribution in [0.1, 0.15) is 58.8 Å². The van der Waals surface area contributed by atoms with Crippen molar-refractivity contribution in [2.45, 2.75) is 58.8 Å². The molecule has 0 aromatic heterocycles. The summed E-state index contributed by atoms with van der Waals surface area (Å²) in [5.74, 6) is -0.365. The first kappa shape index (κ1) is 15.4. The molecule has 0 saturated heterocycles. The highest BCUT2D eigenvalue weighted by atomic mass is 32.2. The molecule has 0 unspecified atom stereocenters. The molecule has 0 atom stereocenters. The Hall–Kier alpha value is -0.580. The summed E-state index contributed by atoms with van der Waals surface area (Å²) in [4.78, 5) is 10.9. The fraction of sp³-hybridized carbons (Fsp3) is 0.909. The van der Waals surface area contributed by atoms with Crippen molar-refractivity contribution < 1.29 is 13.2 Å². The Kier molecular flexibility index (Phi) is 8.25. The zero-order chi connectivity index (χ0) is 12.4. The quantitative estimate of drug-likeness (QED) is 0.637. The molecule has 0 fully saturated rings. The van der Waals surface area contributed by atoms with Crippen LogP contribution < -0.4 is 4.72 Å². The number of hydrogen-bond donors (Lipinski definition) is 1. The number of amides is 1. The first-order valence-corrected chi connectivity index (χ1v) is 7.70. The summed E-state index contributed by atoms with van der Waals surface area (Å²) in [7, 11) is -3.39. The Labute approximate surface area is 98.9 Å². The zero-order valence-electron chi connectivity index (χ0n) is 10.3. The smallest absolute Gasteiger partial charge is 0.234 e. The van der Waals surface area contributed by atoms with E-state index in [-0.39, 0.29) is 12.2 Å². The summed E-state index contributed by atoms with van der Waals surface area (Å²) in [5.41, 5.74) is 0. The van der Waals surface area contributed by atoms with Gasteiger partial charge in [0.2, 0.25) is 15.9 Å². The first-order chi connectivity index (χ1) is 7.52. The fourth-order valence-electron chi connectivity index (χ4n) is 1.37. The van der Waals surface area contributed by atoms with E-state index in [1.165, 1.54) is 12.8 Å². The average Bonchev–Trinajstić information content (AvgIpc) is 2.22. The Morgan fingerprint density at radius 1 is 1.00 bits per heavy atom. The van der Waals surface area contributed by atoms with Gasteiger partial charge in [-0.2, -0.15) is 0 Å². The van der Waals surface area contributed by atoms with Crippen molar-refractivity contribution in [1.29, 1.82) is 0 Å². The molecule has 0 saturated carbocycles. The Balaban J connectivity index is 3.63. The number of sulfonamides is 1. The summed E-state index contributed by atoms with van der Waals surface area (Å²) in [5, 5.41) is 0. The van der Waals surface area contributed by atoms with Gasteiger partial charge in [-0.25, -0.2) is 8.42 Å². The van der Waals surface area contributed by atoms with Gasteiger partial charge in [0.25, 0.3) is 0 Å². The van der Waals surface area contributed by atoms with Gasteiger partial charge in [-0.1, -0.05) is 46.0 Å². The lowest BCUT2D eigenvalue weighted by molar-refractivity contribution is -0.119. The van der Waals surface area contributed by atoms with Gasteiger partial charge in [-0.3, -0.25) is 9.52 Å². The van der Waals surface area contributed by atoms with Gasteiger partial charge in [0.1, 0.15) is 0 Å². The van der Waals surface area contributed by atoms with Gasteiger partial charge in [0.05, 0.1) is 5.75 Å². The molecule has 0 aliphatic carbocycles. The van der Waals surface area contributed by atoms with E-state index in [9.17, 15) is 13.2 Å². The molecule has 0 aliphatic rings. The van der Waals surface area contributed by atoms with Gasteiger partial charge >= 0.3 is 0 Å². The second kappa shape index (κ2) is 8.56. The number of hydrogen-bond acceptors (Lipinski definition) is 3. The van der Waals surface area contributed by atoms with Crippen LogP contribution >= 0.6 is 0 Å². The number of rotatable bonds is 9. The first-order valence-electron chi connectivity index (χ1n) is 6.05. The highest BCUT2D eigenvalue weighted by Gasteiger charge is 2.12. The van der Waals surface area contributed by atoms with E-state index < -0.39 is 15.9 Å². The molecule has 1 N–H and O–H groups in total. The van der Waals surface area contributed by atoms with Crippen LogP contribution in [0.5, 0.6) is 0 Å². The van der Waals surface area contributed by atoms with E-state index in [4.69, 9.17) is 0 Å². The van der Waals surface area contributed by atoms with Crippen LogP contribution in [-0.4, -0.2) is 20.1 Å². The van der Waals surface area contributed by atoms with E-state index in [0.717, 1.165) is 19.3 Å². The van der Waals surface area contributed by atoms with Crippen molar-refractivity contribution in [3.63, 3.8) is 0 Å². The van der Waals surface area contributed by atoms with Gasteiger partial charge in [-0.15, -0.1) is 0 Å². The van der Waals surface area contributed by atoms with Crippen molar-refractivity contribution >= 4 is 15.9 Å². The SMILES string of the molecule is CCCCCCCCS(=O)(=O)NC(=O)CC. The summed E-state index contributed by atoms with van der Waals surface area (Å²) in [6, 6.07) is 0. The Morgan fingerprint density at radius 3 is 2.12 bits per heavy atom. The molecule has 0 aromatic rings. The predicted octanol–water partition coefficient (Wildman–Crippen LogP) is 2.20. The molecule has 0 spiro atoms. The van der Waals surface area contributed by atoms with Crippen molar-refractivity contribution in [3.05, 3.63) is 0 Å². The molecule has 5 heteroatoms. The normalized spacial score (nSPS) is 11.4. The molecule has 0 heterocycles. The lowest BCUT2D eigenvalue weighted by atomic mass is 10.1. The highest BCUT2D eigenvalue weighted by molar-refractivity contribution is 7.90. The molecule has 1 amide bonds. The van der Waals surface area contributed by atoms with Crippen LogP contribution in [-0.2, 0) is 14.8 Å². The largest absolute Gasteiger partial charge is 0.274 e. The third kappa shape index (κ3) is 8.71. The maximum absolute atomic E-state index is 11.4. The third-order valence-corrected chi connectivity index (χ3v) is 3.72. The molecule has 4 nitrogen and oxygen atoms in total. The fourth-order valence-corrected chi connectivity index (χ4v) is 2.55. The predicted molar refractivity (Wildman–Crippen MR) is 65.6 cm³/mol. The molecular weight excluding hydrogens is 226 g/mol. The second-order valence-electron chi connectivity index (χ2n) is 3.97. The van der Waals surface area contributed by atoms with Crippen molar-refractivity contribution in [2.24, 2.45) is 0 Å². The van der Waals surface area contributed by atoms with Crippen LogP contribution in [0.4, 0.5) is 0 Å². The Bertz CT molecular complexity index is 286. The maximum Gasteiger partial charge on any atom is 0.234 e. The number of unbranched alkanes of at least 4 members (excludes halogenated alkanes) is 5. The monoisotopic (exact) mass is 249 g/mol.